The second-order valence-electron chi connectivity index (χ2n) is 4.32. The van der Waals surface area contributed by atoms with Gasteiger partial charge in [-0.15, -0.1) is 0 Å². The monoisotopic (exact) mass is 293 g/mol. The molecule has 0 aliphatic carbocycles. The average Bonchev–Trinajstić information content (AvgIpc) is 2.45. The Bertz CT molecular complexity index is 586. The predicted molar refractivity (Wildman–Crippen MR) is 79.9 cm³/mol. The van der Waals surface area contributed by atoms with E-state index in [2.05, 4.69) is 5.32 Å². The van der Waals surface area contributed by atoms with Gasteiger partial charge in [0.2, 0.25) is 0 Å². The molecule has 2 aromatic rings. The summed E-state index contributed by atoms with van der Waals surface area (Å²) in [5.41, 5.74) is 1.68. The molecule has 21 heavy (non-hydrogen) atoms. The van der Waals surface area contributed by atoms with Gasteiger partial charge in [0.15, 0.2) is 11.5 Å². The molecule has 6 heteroatoms. The number of aryl methyl sites for hydroxylation is 1. The zero-order valence-corrected chi connectivity index (χ0v) is 11.6. The summed E-state index contributed by atoms with van der Waals surface area (Å²) in [6.07, 6.45) is 0. The lowest BCUT2D eigenvalue weighted by Gasteiger charge is -2.05. The third-order valence-electron chi connectivity index (χ3n) is 2.61. The molecule has 0 spiro atoms. The van der Waals surface area contributed by atoms with Crippen LogP contribution >= 0.6 is 0 Å². The number of benzene rings is 2. The molecular formula is C15H19NO5. The smallest absolute Gasteiger partial charge is 0.161 e. The number of hydrogen-bond acceptors (Lipinski definition) is 6. The molecule has 0 atom stereocenters. The number of aromatic hydroxyl groups is 4. The standard InChI is InChI=1S/C9H13NO2.C6H6O3/c1-7-2-3-8(6-9(7)12)10-4-5-11;7-4-1-2-5(8)6(9)3-4/h2-3,6,10-12H,4-5H2,1H3;1-3,7-9H. The van der Waals surface area contributed by atoms with Crippen molar-refractivity contribution in [1.29, 1.82) is 0 Å². The van der Waals surface area contributed by atoms with Crippen molar-refractivity contribution in [2.45, 2.75) is 6.92 Å². The Hall–Kier alpha value is -2.60. The number of aliphatic hydroxyl groups excluding tert-OH is 1. The first-order valence-electron chi connectivity index (χ1n) is 6.29. The summed E-state index contributed by atoms with van der Waals surface area (Å²) in [4.78, 5) is 0. The van der Waals surface area contributed by atoms with E-state index in [0.717, 1.165) is 17.3 Å². The van der Waals surface area contributed by atoms with E-state index in [-0.39, 0.29) is 29.6 Å². The van der Waals surface area contributed by atoms with Crippen molar-refractivity contribution in [2.24, 2.45) is 0 Å². The molecule has 0 aliphatic heterocycles. The Balaban J connectivity index is 0.000000219. The third kappa shape index (κ3) is 5.50. The molecule has 2 rings (SSSR count). The molecule has 0 amide bonds. The van der Waals surface area contributed by atoms with Crippen molar-refractivity contribution < 1.29 is 25.5 Å². The number of aliphatic hydroxyl groups is 1. The minimum Gasteiger partial charge on any atom is -0.508 e. The van der Waals surface area contributed by atoms with Crippen LogP contribution in [-0.2, 0) is 0 Å². The molecule has 6 N–H and O–H groups in total. The van der Waals surface area contributed by atoms with Gasteiger partial charge in [-0.05, 0) is 30.7 Å². The Morgan fingerprint density at radius 1 is 0.857 bits per heavy atom. The fraction of sp³-hybridized carbons (Fsp3) is 0.200. The van der Waals surface area contributed by atoms with E-state index in [1.807, 2.05) is 19.1 Å². The second-order valence-corrected chi connectivity index (χ2v) is 4.32. The Morgan fingerprint density at radius 3 is 2.10 bits per heavy atom. The first-order valence-corrected chi connectivity index (χ1v) is 6.29. The van der Waals surface area contributed by atoms with E-state index in [0.29, 0.717) is 6.54 Å². The number of rotatable bonds is 3. The summed E-state index contributed by atoms with van der Waals surface area (Å²) in [5, 5.41) is 46.8. The normalized spacial score (nSPS) is 9.62. The summed E-state index contributed by atoms with van der Waals surface area (Å²) < 4.78 is 0. The van der Waals surface area contributed by atoms with Gasteiger partial charge < -0.3 is 30.8 Å². The minimum absolute atomic E-state index is 0.0645. The van der Waals surface area contributed by atoms with E-state index in [1.165, 1.54) is 12.1 Å². The highest BCUT2D eigenvalue weighted by molar-refractivity contribution is 5.50. The van der Waals surface area contributed by atoms with E-state index in [4.69, 9.17) is 20.4 Å². The number of phenols is 4. The highest BCUT2D eigenvalue weighted by Gasteiger charge is 1.97. The van der Waals surface area contributed by atoms with Crippen LogP contribution in [0.5, 0.6) is 23.0 Å². The van der Waals surface area contributed by atoms with Crippen LogP contribution in [0.4, 0.5) is 5.69 Å². The van der Waals surface area contributed by atoms with Crippen LogP contribution in [0, 0.1) is 6.92 Å². The minimum atomic E-state index is -0.310. The lowest BCUT2D eigenvalue weighted by molar-refractivity contribution is 0.311. The van der Waals surface area contributed by atoms with Crippen molar-refractivity contribution in [3.63, 3.8) is 0 Å². The molecule has 0 bridgehead atoms. The Labute approximate surface area is 122 Å². The summed E-state index contributed by atoms with van der Waals surface area (Å²) in [7, 11) is 0. The van der Waals surface area contributed by atoms with E-state index >= 15 is 0 Å². The van der Waals surface area contributed by atoms with Crippen LogP contribution in [0.25, 0.3) is 0 Å². The fourth-order valence-corrected chi connectivity index (χ4v) is 1.43. The molecule has 0 unspecified atom stereocenters. The highest BCUT2D eigenvalue weighted by Crippen LogP contribution is 2.27. The SMILES string of the molecule is Cc1ccc(NCCO)cc1O.Oc1ccc(O)c(O)c1. The van der Waals surface area contributed by atoms with Gasteiger partial charge in [0, 0.05) is 24.4 Å². The van der Waals surface area contributed by atoms with Crippen molar-refractivity contribution in [3.8, 4) is 23.0 Å². The molecule has 0 heterocycles. The van der Waals surface area contributed by atoms with Gasteiger partial charge >= 0.3 is 0 Å². The predicted octanol–water partition coefficient (Wildman–Crippen LogP) is 1.91. The zero-order chi connectivity index (χ0) is 15.8. The second kappa shape index (κ2) is 7.86. The molecule has 6 nitrogen and oxygen atoms in total. The molecule has 0 fully saturated rings. The number of phenolic OH excluding ortho intramolecular Hbond substituents is 4. The molecule has 0 saturated carbocycles. The van der Waals surface area contributed by atoms with Crippen LogP contribution in [0.1, 0.15) is 5.56 Å². The lowest BCUT2D eigenvalue weighted by Crippen LogP contribution is -2.04. The fourth-order valence-electron chi connectivity index (χ4n) is 1.43. The largest absolute Gasteiger partial charge is 0.508 e. The number of hydrogen-bond donors (Lipinski definition) is 6. The maximum absolute atomic E-state index is 9.30. The van der Waals surface area contributed by atoms with Gasteiger partial charge in [0.1, 0.15) is 11.5 Å². The summed E-state index contributed by atoms with van der Waals surface area (Å²) in [5.74, 6) is -0.328. The van der Waals surface area contributed by atoms with E-state index in [1.54, 1.807) is 6.07 Å². The van der Waals surface area contributed by atoms with E-state index < -0.39 is 0 Å². The molecular weight excluding hydrogens is 274 g/mol. The zero-order valence-electron chi connectivity index (χ0n) is 11.6. The quantitative estimate of drug-likeness (QED) is 0.381. The van der Waals surface area contributed by atoms with Gasteiger partial charge in [-0.2, -0.15) is 0 Å². The van der Waals surface area contributed by atoms with Crippen molar-refractivity contribution in [3.05, 3.63) is 42.0 Å². The van der Waals surface area contributed by atoms with Gasteiger partial charge in [-0.25, -0.2) is 0 Å². The van der Waals surface area contributed by atoms with Crippen LogP contribution in [-0.4, -0.2) is 38.7 Å². The molecule has 114 valence electrons. The Morgan fingerprint density at radius 2 is 1.57 bits per heavy atom. The van der Waals surface area contributed by atoms with Crippen LogP contribution in [0.15, 0.2) is 36.4 Å². The van der Waals surface area contributed by atoms with Crippen LogP contribution in [0.3, 0.4) is 0 Å². The van der Waals surface area contributed by atoms with E-state index in [9.17, 15) is 5.11 Å². The third-order valence-corrected chi connectivity index (χ3v) is 2.61. The molecule has 0 saturated heterocycles. The molecule has 0 radical (unpaired) electrons. The number of nitrogens with one attached hydrogen (secondary N) is 1. The van der Waals surface area contributed by atoms with Gasteiger partial charge in [-0.1, -0.05) is 6.07 Å². The topological polar surface area (TPSA) is 113 Å². The Kier molecular flexibility index (Phi) is 6.16. The highest BCUT2D eigenvalue weighted by atomic mass is 16.3. The lowest BCUT2D eigenvalue weighted by atomic mass is 10.2. The molecule has 0 aliphatic rings. The van der Waals surface area contributed by atoms with Gasteiger partial charge in [0.05, 0.1) is 6.61 Å². The molecule has 2 aromatic carbocycles. The van der Waals surface area contributed by atoms with Crippen LogP contribution in [0.2, 0.25) is 0 Å². The summed E-state index contributed by atoms with van der Waals surface area (Å²) >= 11 is 0. The first-order chi connectivity index (χ1) is 9.93. The maximum atomic E-state index is 9.30. The summed E-state index contributed by atoms with van der Waals surface area (Å²) in [6.45, 7) is 2.43. The van der Waals surface area contributed by atoms with Crippen LogP contribution < -0.4 is 5.32 Å². The van der Waals surface area contributed by atoms with Crippen molar-refractivity contribution in [1.82, 2.24) is 0 Å². The maximum Gasteiger partial charge on any atom is 0.161 e. The van der Waals surface area contributed by atoms with Crippen molar-refractivity contribution >= 4 is 5.69 Å². The number of anilines is 1. The summed E-state index contributed by atoms with van der Waals surface area (Å²) in [6, 6.07) is 8.90. The average molecular weight is 293 g/mol. The van der Waals surface area contributed by atoms with Gasteiger partial charge in [0.25, 0.3) is 0 Å². The van der Waals surface area contributed by atoms with Gasteiger partial charge in [-0.3, -0.25) is 0 Å². The van der Waals surface area contributed by atoms with Crippen molar-refractivity contribution in [2.75, 3.05) is 18.5 Å². The molecule has 0 aromatic heterocycles. The first kappa shape index (κ1) is 16.5.